The maximum atomic E-state index is 10.6. The molecule has 1 fully saturated rings. The van der Waals surface area contributed by atoms with Gasteiger partial charge in [0.15, 0.2) is 5.78 Å². The van der Waals surface area contributed by atoms with Gasteiger partial charge >= 0.3 is 5.97 Å². The number of carbonyl (C=O) groups excluding carboxylic acids is 3. The number of nitrogens with two attached hydrogens (primary N) is 1. The third-order valence-electron chi connectivity index (χ3n) is 1.12. The minimum atomic E-state index is -1.34. The molecule has 0 saturated carbocycles. The number of cyclic esters (lactones) is 1. The molecule has 1 saturated heterocycles. The summed E-state index contributed by atoms with van der Waals surface area (Å²) in [5.74, 6) is -2.15. The highest BCUT2D eigenvalue weighted by atomic mass is 16.6. The van der Waals surface area contributed by atoms with Crippen LogP contribution in [0.25, 0.3) is 0 Å². The summed E-state index contributed by atoms with van der Waals surface area (Å²) in [4.78, 5) is 31.2. The molecule has 2 N–H and O–H groups in total. The molecule has 1 amide bonds. The van der Waals surface area contributed by atoms with Gasteiger partial charge in [0.1, 0.15) is 6.42 Å². The highest BCUT2D eigenvalue weighted by Gasteiger charge is 2.36. The zero-order valence-electron chi connectivity index (χ0n) is 4.99. The fourth-order valence-electron chi connectivity index (χ4n) is 0.691. The molecular weight excluding hydrogens is 138 g/mol. The number of primary amides is 1. The molecule has 1 rings (SSSR count). The average molecular weight is 143 g/mol. The molecule has 0 aliphatic carbocycles. The van der Waals surface area contributed by atoms with Gasteiger partial charge in [-0.2, -0.15) is 0 Å². The van der Waals surface area contributed by atoms with E-state index in [4.69, 9.17) is 5.73 Å². The highest BCUT2D eigenvalue weighted by Crippen LogP contribution is 2.08. The van der Waals surface area contributed by atoms with E-state index in [1.165, 1.54) is 0 Å². The SMILES string of the molecule is NC(=O)C1OC(=O)CC1=O. The highest BCUT2D eigenvalue weighted by molar-refractivity contribution is 6.14. The van der Waals surface area contributed by atoms with Crippen molar-refractivity contribution in [3.63, 3.8) is 0 Å². The molecule has 1 aliphatic rings. The summed E-state index contributed by atoms with van der Waals surface area (Å²) in [7, 11) is 0. The first-order valence-corrected chi connectivity index (χ1v) is 2.63. The summed E-state index contributed by atoms with van der Waals surface area (Å²) in [6.45, 7) is 0. The summed E-state index contributed by atoms with van der Waals surface area (Å²) < 4.78 is 4.27. The van der Waals surface area contributed by atoms with E-state index in [2.05, 4.69) is 4.74 Å². The van der Waals surface area contributed by atoms with Crippen LogP contribution in [0.3, 0.4) is 0 Å². The Hall–Kier alpha value is -1.39. The number of ether oxygens (including phenoxy) is 1. The number of carbonyl (C=O) groups is 3. The van der Waals surface area contributed by atoms with Crippen molar-refractivity contribution in [1.82, 2.24) is 0 Å². The van der Waals surface area contributed by atoms with Crippen molar-refractivity contribution >= 4 is 17.7 Å². The summed E-state index contributed by atoms with van der Waals surface area (Å²) in [6, 6.07) is 0. The van der Waals surface area contributed by atoms with E-state index in [9.17, 15) is 14.4 Å². The van der Waals surface area contributed by atoms with Crippen molar-refractivity contribution < 1.29 is 19.1 Å². The van der Waals surface area contributed by atoms with Crippen LogP contribution in [0, 0.1) is 0 Å². The molecule has 10 heavy (non-hydrogen) atoms. The van der Waals surface area contributed by atoms with Crippen molar-refractivity contribution in [1.29, 1.82) is 0 Å². The van der Waals surface area contributed by atoms with E-state index in [1.807, 2.05) is 0 Å². The average Bonchev–Trinajstić information content (AvgIpc) is 2.10. The van der Waals surface area contributed by atoms with Crippen LogP contribution in [0.4, 0.5) is 0 Å². The quantitative estimate of drug-likeness (QED) is 0.352. The first-order valence-electron chi connectivity index (χ1n) is 2.63. The Morgan fingerprint density at radius 2 is 2.20 bits per heavy atom. The second kappa shape index (κ2) is 2.09. The Balaban J connectivity index is 2.72. The predicted octanol–water partition coefficient (Wildman–Crippen LogP) is -1.64. The van der Waals surface area contributed by atoms with Crippen LogP contribution >= 0.6 is 0 Å². The van der Waals surface area contributed by atoms with Crippen LogP contribution in [0.15, 0.2) is 0 Å². The van der Waals surface area contributed by atoms with Gasteiger partial charge in [0.2, 0.25) is 6.10 Å². The van der Waals surface area contributed by atoms with Crippen molar-refractivity contribution in [3.8, 4) is 0 Å². The standard InChI is InChI=1S/C5H5NO4/c6-5(9)4-2(7)1-3(8)10-4/h4H,1H2,(H2,6,9). The van der Waals surface area contributed by atoms with Gasteiger partial charge in [-0.25, -0.2) is 0 Å². The fraction of sp³-hybridized carbons (Fsp3) is 0.400. The van der Waals surface area contributed by atoms with Crippen LogP contribution in [-0.2, 0) is 19.1 Å². The summed E-state index contributed by atoms with van der Waals surface area (Å²) in [5.41, 5.74) is 4.71. The fourth-order valence-corrected chi connectivity index (χ4v) is 0.691. The number of amides is 1. The molecule has 0 aromatic carbocycles. The number of esters is 1. The van der Waals surface area contributed by atoms with Gasteiger partial charge in [-0.15, -0.1) is 0 Å². The van der Waals surface area contributed by atoms with Crippen LogP contribution in [0.1, 0.15) is 6.42 Å². The van der Waals surface area contributed by atoms with Gasteiger partial charge in [0.05, 0.1) is 0 Å². The van der Waals surface area contributed by atoms with E-state index < -0.39 is 23.8 Å². The Labute approximate surface area is 56.1 Å². The van der Waals surface area contributed by atoms with Gasteiger partial charge < -0.3 is 10.5 Å². The first-order chi connectivity index (χ1) is 4.61. The Kier molecular flexibility index (Phi) is 1.41. The second-order valence-electron chi connectivity index (χ2n) is 1.92. The zero-order chi connectivity index (χ0) is 7.72. The second-order valence-corrected chi connectivity index (χ2v) is 1.92. The van der Waals surface area contributed by atoms with Crippen LogP contribution in [-0.4, -0.2) is 23.8 Å². The Morgan fingerprint density at radius 1 is 1.60 bits per heavy atom. The Bertz CT molecular complexity index is 210. The largest absolute Gasteiger partial charge is 0.444 e. The van der Waals surface area contributed by atoms with Gasteiger partial charge in [-0.05, 0) is 0 Å². The van der Waals surface area contributed by atoms with E-state index in [-0.39, 0.29) is 6.42 Å². The Morgan fingerprint density at radius 3 is 2.40 bits per heavy atom. The van der Waals surface area contributed by atoms with E-state index in [0.717, 1.165) is 0 Å². The zero-order valence-corrected chi connectivity index (χ0v) is 4.99. The lowest BCUT2D eigenvalue weighted by molar-refractivity contribution is -0.148. The van der Waals surface area contributed by atoms with E-state index in [0.29, 0.717) is 0 Å². The van der Waals surface area contributed by atoms with Crippen LogP contribution in [0.2, 0.25) is 0 Å². The number of hydrogen-bond acceptors (Lipinski definition) is 4. The molecule has 1 aliphatic heterocycles. The third-order valence-corrected chi connectivity index (χ3v) is 1.12. The van der Waals surface area contributed by atoms with Crippen molar-refractivity contribution in [2.24, 2.45) is 5.73 Å². The topological polar surface area (TPSA) is 86.5 Å². The number of Topliss-reactive ketones (excluding diaryl/α,β-unsaturated/α-hetero) is 1. The lowest BCUT2D eigenvalue weighted by atomic mass is 10.2. The third kappa shape index (κ3) is 0.975. The smallest absolute Gasteiger partial charge is 0.314 e. The monoisotopic (exact) mass is 143 g/mol. The molecule has 0 bridgehead atoms. The minimum Gasteiger partial charge on any atom is -0.444 e. The predicted molar refractivity (Wildman–Crippen MR) is 28.7 cm³/mol. The molecule has 54 valence electrons. The lowest BCUT2D eigenvalue weighted by Crippen LogP contribution is -2.33. The van der Waals surface area contributed by atoms with Gasteiger partial charge in [0, 0.05) is 0 Å². The molecule has 0 radical (unpaired) electrons. The molecule has 0 spiro atoms. The molecule has 5 nitrogen and oxygen atoms in total. The lowest BCUT2D eigenvalue weighted by Gasteiger charge is -1.99. The molecule has 1 heterocycles. The number of rotatable bonds is 1. The van der Waals surface area contributed by atoms with Gasteiger partial charge in [0.25, 0.3) is 5.91 Å². The first kappa shape index (κ1) is 6.73. The van der Waals surface area contributed by atoms with Gasteiger partial charge in [-0.1, -0.05) is 0 Å². The minimum absolute atomic E-state index is 0.340. The molecule has 5 heteroatoms. The van der Waals surface area contributed by atoms with Crippen LogP contribution in [0.5, 0.6) is 0 Å². The number of hydrogen-bond donors (Lipinski definition) is 1. The van der Waals surface area contributed by atoms with Crippen molar-refractivity contribution in [2.75, 3.05) is 0 Å². The van der Waals surface area contributed by atoms with Crippen molar-refractivity contribution in [3.05, 3.63) is 0 Å². The van der Waals surface area contributed by atoms with Crippen LogP contribution < -0.4 is 5.73 Å². The maximum Gasteiger partial charge on any atom is 0.314 e. The maximum absolute atomic E-state index is 10.6. The molecular formula is C5H5NO4. The number of ketones is 1. The normalized spacial score (nSPS) is 24.6. The van der Waals surface area contributed by atoms with E-state index >= 15 is 0 Å². The summed E-state index contributed by atoms with van der Waals surface area (Å²) in [5, 5.41) is 0. The molecule has 0 aromatic rings. The van der Waals surface area contributed by atoms with Crippen molar-refractivity contribution in [2.45, 2.75) is 12.5 Å². The molecule has 1 atom stereocenters. The van der Waals surface area contributed by atoms with E-state index in [1.54, 1.807) is 0 Å². The van der Waals surface area contributed by atoms with Gasteiger partial charge in [-0.3, -0.25) is 14.4 Å². The molecule has 1 unspecified atom stereocenters. The molecule has 0 aromatic heterocycles. The summed E-state index contributed by atoms with van der Waals surface area (Å²) >= 11 is 0. The summed E-state index contributed by atoms with van der Waals surface area (Å²) in [6.07, 6.45) is -1.68.